The van der Waals surface area contributed by atoms with Gasteiger partial charge in [-0.15, -0.1) is 6.58 Å². The molecule has 9 heavy (non-hydrogen) atoms. The van der Waals surface area contributed by atoms with Gasteiger partial charge in [0, 0.05) is 11.3 Å². The number of hydrogen-bond donors (Lipinski definition) is 0. The number of allylic oxidation sites excluding steroid dienone is 1. The van der Waals surface area contributed by atoms with Crippen molar-refractivity contribution in [3.8, 4) is 0 Å². The van der Waals surface area contributed by atoms with Crippen LogP contribution in [-0.4, -0.2) is 12.3 Å². The first-order valence-corrected chi connectivity index (χ1v) is 2.44. The summed E-state index contributed by atoms with van der Waals surface area (Å²) in [6, 6.07) is 0. The molecule has 0 amide bonds. The number of nitrogens with zero attached hydrogens (tertiary/aromatic N) is 3. The van der Waals surface area contributed by atoms with Crippen molar-refractivity contribution in [2.75, 3.05) is 6.54 Å². The molecule has 0 N–H and O–H groups in total. The maximum Gasteiger partial charge on any atom is 0.142 e. The fourth-order valence-electron chi connectivity index (χ4n) is 0.336. The molecule has 0 heterocycles. The van der Waals surface area contributed by atoms with Crippen molar-refractivity contribution in [1.82, 2.24) is 0 Å². The second-order valence-corrected chi connectivity index (χ2v) is 1.42. The summed E-state index contributed by atoms with van der Waals surface area (Å²) >= 11 is 0. The minimum Gasteiger partial charge on any atom is -0.299 e. The van der Waals surface area contributed by atoms with Gasteiger partial charge in [-0.25, -0.2) is 0 Å². The lowest BCUT2D eigenvalue weighted by atomic mass is 10.3. The Morgan fingerprint density at radius 2 is 2.56 bits per heavy atom. The first-order valence-electron chi connectivity index (χ1n) is 2.44. The summed E-state index contributed by atoms with van der Waals surface area (Å²) in [6.45, 7) is 3.29. The topological polar surface area (TPSA) is 65.8 Å². The van der Waals surface area contributed by atoms with E-state index in [0.29, 0.717) is 0 Å². The number of ketones is 1. The van der Waals surface area contributed by atoms with Crippen molar-refractivity contribution in [3.05, 3.63) is 23.1 Å². The van der Waals surface area contributed by atoms with Crippen LogP contribution in [-0.2, 0) is 4.79 Å². The van der Waals surface area contributed by atoms with Crippen LogP contribution in [0.1, 0.15) is 6.42 Å². The molecule has 0 aliphatic rings. The third-order valence-corrected chi connectivity index (χ3v) is 0.682. The van der Waals surface area contributed by atoms with Crippen molar-refractivity contribution >= 4 is 5.78 Å². The minimum atomic E-state index is -0.109. The standard InChI is InChI=1S/C5H7N3O/c1-2-3-5(9)4-7-8-6/h2H,1,3-4H2. The molecule has 0 aromatic heterocycles. The van der Waals surface area contributed by atoms with E-state index in [1.165, 1.54) is 6.08 Å². The van der Waals surface area contributed by atoms with Crippen LogP contribution in [0.3, 0.4) is 0 Å². The van der Waals surface area contributed by atoms with E-state index in [0.717, 1.165) is 0 Å². The normalized spacial score (nSPS) is 7.56. The molecule has 0 fully saturated rings. The van der Waals surface area contributed by atoms with Crippen LogP contribution in [0.15, 0.2) is 17.8 Å². The lowest BCUT2D eigenvalue weighted by molar-refractivity contribution is -0.116. The summed E-state index contributed by atoms with van der Waals surface area (Å²) in [6.07, 6.45) is 1.76. The molecule has 4 nitrogen and oxygen atoms in total. The predicted octanol–water partition coefficient (Wildman–Crippen LogP) is 1.44. The van der Waals surface area contributed by atoms with Gasteiger partial charge in [0.15, 0.2) is 0 Å². The predicted molar refractivity (Wildman–Crippen MR) is 33.8 cm³/mol. The van der Waals surface area contributed by atoms with Crippen molar-refractivity contribution in [3.63, 3.8) is 0 Å². The zero-order chi connectivity index (χ0) is 7.11. The maximum atomic E-state index is 10.5. The zero-order valence-corrected chi connectivity index (χ0v) is 4.95. The molecule has 0 aliphatic carbocycles. The summed E-state index contributed by atoms with van der Waals surface area (Å²) in [5, 5.41) is 3.07. The fourth-order valence-corrected chi connectivity index (χ4v) is 0.336. The van der Waals surface area contributed by atoms with Crippen LogP contribution in [0.4, 0.5) is 0 Å². The lowest BCUT2D eigenvalue weighted by Crippen LogP contribution is -1.98. The molecule has 0 radical (unpaired) electrons. The molecule has 4 heteroatoms. The molecule has 48 valence electrons. The van der Waals surface area contributed by atoms with Gasteiger partial charge in [0.25, 0.3) is 0 Å². The van der Waals surface area contributed by atoms with Crippen molar-refractivity contribution < 1.29 is 4.79 Å². The van der Waals surface area contributed by atoms with Gasteiger partial charge in [-0.2, -0.15) is 0 Å². The van der Waals surface area contributed by atoms with Crippen LogP contribution < -0.4 is 0 Å². The first kappa shape index (κ1) is 7.72. The highest BCUT2D eigenvalue weighted by molar-refractivity contribution is 5.81. The van der Waals surface area contributed by atoms with Crippen LogP contribution in [0.25, 0.3) is 10.4 Å². The second kappa shape index (κ2) is 4.87. The van der Waals surface area contributed by atoms with Gasteiger partial charge in [-0.3, -0.25) is 4.79 Å². The number of Topliss-reactive ketones (excluding diaryl/α,β-unsaturated/α-hetero) is 1. The SMILES string of the molecule is C=CCC(=O)CN=[N+]=[N-]. The first-order chi connectivity index (χ1) is 4.31. The highest BCUT2D eigenvalue weighted by atomic mass is 16.1. The highest BCUT2D eigenvalue weighted by Crippen LogP contribution is 1.84. The summed E-state index contributed by atoms with van der Waals surface area (Å²) in [7, 11) is 0. The van der Waals surface area contributed by atoms with Gasteiger partial charge < -0.3 is 0 Å². The Labute approximate surface area is 52.8 Å². The van der Waals surface area contributed by atoms with Crippen molar-refractivity contribution in [2.24, 2.45) is 5.11 Å². The third kappa shape index (κ3) is 4.58. The highest BCUT2D eigenvalue weighted by Gasteiger charge is 1.92. The van der Waals surface area contributed by atoms with E-state index in [1.807, 2.05) is 0 Å². The van der Waals surface area contributed by atoms with E-state index in [-0.39, 0.29) is 18.7 Å². The fraction of sp³-hybridized carbons (Fsp3) is 0.400. The molecule has 0 saturated heterocycles. The summed E-state index contributed by atoms with van der Waals surface area (Å²) in [5.74, 6) is -0.109. The van der Waals surface area contributed by atoms with Gasteiger partial charge >= 0.3 is 0 Å². The van der Waals surface area contributed by atoms with Crippen LogP contribution in [0.2, 0.25) is 0 Å². The monoisotopic (exact) mass is 125 g/mol. The molecule has 0 unspecified atom stereocenters. The van der Waals surface area contributed by atoms with E-state index in [1.54, 1.807) is 0 Å². The van der Waals surface area contributed by atoms with Gasteiger partial charge in [-0.1, -0.05) is 11.2 Å². The van der Waals surface area contributed by atoms with Crippen LogP contribution >= 0.6 is 0 Å². The largest absolute Gasteiger partial charge is 0.299 e. The van der Waals surface area contributed by atoms with E-state index < -0.39 is 0 Å². The van der Waals surface area contributed by atoms with Crippen LogP contribution in [0, 0.1) is 0 Å². The van der Waals surface area contributed by atoms with Crippen molar-refractivity contribution in [1.29, 1.82) is 0 Å². The number of hydrogen-bond acceptors (Lipinski definition) is 2. The number of carbonyl (C=O) groups is 1. The molecule has 0 spiro atoms. The van der Waals surface area contributed by atoms with Gasteiger partial charge in [0.1, 0.15) is 5.78 Å². The van der Waals surface area contributed by atoms with E-state index >= 15 is 0 Å². The Morgan fingerprint density at radius 3 is 3.00 bits per heavy atom. The molecule has 0 atom stereocenters. The quantitative estimate of drug-likeness (QED) is 0.242. The van der Waals surface area contributed by atoms with Crippen molar-refractivity contribution in [2.45, 2.75) is 6.42 Å². The Balaban J connectivity index is 3.50. The molecule has 0 bridgehead atoms. The van der Waals surface area contributed by atoms with E-state index in [2.05, 4.69) is 16.6 Å². The van der Waals surface area contributed by atoms with E-state index in [9.17, 15) is 4.79 Å². The number of carbonyl (C=O) groups excluding carboxylic acids is 1. The summed E-state index contributed by atoms with van der Waals surface area (Å²) < 4.78 is 0. The average molecular weight is 125 g/mol. The van der Waals surface area contributed by atoms with Gasteiger partial charge in [0.2, 0.25) is 0 Å². The Kier molecular flexibility index (Phi) is 4.18. The van der Waals surface area contributed by atoms with Gasteiger partial charge in [0.05, 0.1) is 6.54 Å². The zero-order valence-electron chi connectivity index (χ0n) is 4.95. The molecular formula is C5H7N3O. The molecule has 0 rings (SSSR count). The molecular weight excluding hydrogens is 118 g/mol. The smallest absolute Gasteiger partial charge is 0.142 e. The Hall–Kier alpha value is -1.28. The summed E-state index contributed by atoms with van der Waals surface area (Å²) in [5.41, 5.74) is 7.76. The second-order valence-electron chi connectivity index (χ2n) is 1.42. The molecule has 0 aromatic carbocycles. The minimum absolute atomic E-state index is 0.0669. The van der Waals surface area contributed by atoms with E-state index in [4.69, 9.17) is 5.53 Å². The average Bonchev–Trinajstić information content (AvgIpc) is 1.85. The summed E-state index contributed by atoms with van der Waals surface area (Å²) in [4.78, 5) is 12.9. The van der Waals surface area contributed by atoms with Crippen LogP contribution in [0.5, 0.6) is 0 Å². The third-order valence-electron chi connectivity index (χ3n) is 0.682. The Morgan fingerprint density at radius 1 is 1.89 bits per heavy atom. The maximum absolute atomic E-state index is 10.5. The molecule has 0 aromatic rings. The molecule has 0 saturated carbocycles. The molecule has 0 aliphatic heterocycles. The Bertz CT molecular complexity index is 158. The number of rotatable bonds is 4. The van der Waals surface area contributed by atoms with Gasteiger partial charge in [-0.05, 0) is 5.53 Å². The number of azide groups is 1. The lowest BCUT2D eigenvalue weighted by Gasteiger charge is -1.84.